The van der Waals surface area contributed by atoms with Crippen molar-refractivity contribution >= 4 is 5.91 Å². The van der Waals surface area contributed by atoms with Gasteiger partial charge in [-0.1, -0.05) is 37.3 Å². The number of benzene rings is 1. The van der Waals surface area contributed by atoms with E-state index in [0.717, 1.165) is 12.0 Å². The van der Waals surface area contributed by atoms with E-state index in [1.54, 1.807) is 0 Å². The summed E-state index contributed by atoms with van der Waals surface area (Å²) in [5.41, 5.74) is 0.497. The molecule has 0 aliphatic carbocycles. The molecule has 0 saturated heterocycles. The fourth-order valence-electron chi connectivity index (χ4n) is 1.73. The summed E-state index contributed by atoms with van der Waals surface area (Å²) in [4.78, 5) is 12.1. The molecule has 1 aromatic rings. The topological polar surface area (TPSA) is 52.9 Å². The molecule has 0 fully saturated rings. The Hall–Kier alpha value is -1.82. The van der Waals surface area contributed by atoms with Crippen LogP contribution in [0.3, 0.4) is 0 Å². The predicted octanol–water partition coefficient (Wildman–Crippen LogP) is 2.85. The van der Waals surface area contributed by atoms with Crippen LogP contribution in [0.4, 0.5) is 0 Å². The average molecular weight is 244 g/mol. The van der Waals surface area contributed by atoms with Crippen LogP contribution in [0.15, 0.2) is 30.3 Å². The van der Waals surface area contributed by atoms with Crippen molar-refractivity contribution in [3.05, 3.63) is 35.9 Å². The Morgan fingerprint density at radius 3 is 2.50 bits per heavy atom. The number of carbonyl (C=O) groups is 1. The lowest BCUT2D eigenvalue weighted by atomic mass is 9.93. The summed E-state index contributed by atoms with van der Waals surface area (Å²) in [6.07, 6.45) is 0.753. The van der Waals surface area contributed by atoms with E-state index in [0.29, 0.717) is 6.54 Å². The summed E-state index contributed by atoms with van der Waals surface area (Å²) in [5.74, 6) is -0.146. The molecule has 1 amide bonds. The fourth-order valence-corrected chi connectivity index (χ4v) is 1.73. The van der Waals surface area contributed by atoms with E-state index < -0.39 is 5.41 Å². The van der Waals surface area contributed by atoms with Crippen LogP contribution >= 0.6 is 0 Å². The van der Waals surface area contributed by atoms with Gasteiger partial charge in [-0.3, -0.25) is 4.79 Å². The van der Waals surface area contributed by atoms with Gasteiger partial charge in [0, 0.05) is 6.54 Å². The van der Waals surface area contributed by atoms with Crippen molar-refractivity contribution in [2.45, 2.75) is 33.1 Å². The van der Waals surface area contributed by atoms with Crippen LogP contribution in [0.25, 0.3) is 0 Å². The maximum Gasteiger partial charge on any atom is 0.227 e. The zero-order valence-corrected chi connectivity index (χ0v) is 11.2. The molecular formula is C15H20N2O. The second-order valence-electron chi connectivity index (χ2n) is 5.09. The molecular weight excluding hydrogens is 224 g/mol. The minimum atomic E-state index is -0.523. The molecule has 3 nitrogen and oxygen atoms in total. The van der Waals surface area contributed by atoms with Crippen molar-refractivity contribution in [3.8, 4) is 6.07 Å². The highest BCUT2D eigenvalue weighted by molar-refractivity contribution is 5.83. The normalized spacial score (nSPS) is 12.6. The van der Waals surface area contributed by atoms with Crippen LogP contribution in [-0.4, -0.2) is 12.5 Å². The van der Waals surface area contributed by atoms with Gasteiger partial charge < -0.3 is 5.32 Å². The Labute approximate surface area is 109 Å². The van der Waals surface area contributed by atoms with Crippen molar-refractivity contribution < 1.29 is 4.79 Å². The Bertz CT molecular complexity index is 432. The molecule has 0 bridgehead atoms. The molecule has 1 atom stereocenters. The van der Waals surface area contributed by atoms with Gasteiger partial charge in [0.2, 0.25) is 5.91 Å². The summed E-state index contributed by atoms with van der Waals surface area (Å²) >= 11 is 0. The molecule has 0 heterocycles. The molecule has 0 aromatic heterocycles. The lowest BCUT2D eigenvalue weighted by Crippen LogP contribution is -2.36. The van der Waals surface area contributed by atoms with Crippen molar-refractivity contribution in [1.29, 1.82) is 5.26 Å². The van der Waals surface area contributed by atoms with Gasteiger partial charge >= 0.3 is 0 Å². The van der Waals surface area contributed by atoms with Crippen molar-refractivity contribution in [2.75, 3.05) is 6.54 Å². The molecule has 1 N–H and O–H groups in total. The van der Waals surface area contributed by atoms with Gasteiger partial charge in [-0.2, -0.15) is 5.26 Å². The number of carbonyl (C=O) groups excluding carboxylic acids is 1. The smallest absolute Gasteiger partial charge is 0.227 e. The van der Waals surface area contributed by atoms with Crippen LogP contribution in [0.5, 0.6) is 0 Å². The minimum absolute atomic E-state index is 0.00738. The number of nitrogens with one attached hydrogen (secondary N) is 1. The van der Waals surface area contributed by atoms with Gasteiger partial charge in [0.05, 0.1) is 17.4 Å². The Morgan fingerprint density at radius 1 is 1.39 bits per heavy atom. The van der Waals surface area contributed by atoms with Crippen molar-refractivity contribution in [1.82, 2.24) is 5.32 Å². The van der Waals surface area contributed by atoms with Crippen LogP contribution in [0, 0.1) is 16.7 Å². The summed E-state index contributed by atoms with van der Waals surface area (Å²) in [5, 5.41) is 11.8. The summed E-state index contributed by atoms with van der Waals surface area (Å²) < 4.78 is 0. The molecule has 1 rings (SSSR count). The van der Waals surface area contributed by atoms with Gasteiger partial charge in [0.1, 0.15) is 0 Å². The SMILES string of the molecule is CCC(C(=O)NCC(C)(C)C#N)c1ccccc1. The maximum atomic E-state index is 12.1. The number of amides is 1. The van der Waals surface area contributed by atoms with Crippen LogP contribution in [0.1, 0.15) is 38.7 Å². The molecule has 96 valence electrons. The molecule has 0 spiro atoms. The zero-order chi connectivity index (χ0) is 13.6. The summed E-state index contributed by atoms with van der Waals surface area (Å²) in [6.45, 7) is 6.01. The van der Waals surface area contributed by atoms with Gasteiger partial charge in [-0.05, 0) is 25.8 Å². The van der Waals surface area contributed by atoms with Crippen molar-refractivity contribution in [3.63, 3.8) is 0 Å². The largest absolute Gasteiger partial charge is 0.354 e. The van der Waals surface area contributed by atoms with E-state index >= 15 is 0 Å². The lowest BCUT2D eigenvalue weighted by Gasteiger charge is -2.20. The Balaban J connectivity index is 2.68. The molecule has 0 aliphatic rings. The molecule has 0 aliphatic heterocycles. The number of nitriles is 1. The van der Waals surface area contributed by atoms with Crippen LogP contribution in [0.2, 0.25) is 0 Å². The number of hydrogen-bond donors (Lipinski definition) is 1. The van der Waals surface area contributed by atoms with Crippen LogP contribution in [-0.2, 0) is 4.79 Å². The van der Waals surface area contributed by atoms with E-state index in [1.165, 1.54) is 0 Å². The minimum Gasteiger partial charge on any atom is -0.354 e. The van der Waals surface area contributed by atoms with E-state index in [2.05, 4.69) is 11.4 Å². The average Bonchev–Trinajstić information content (AvgIpc) is 2.39. The number of rotatable bonds is 5. The van der Waals surface area contributed by atoms with Gasteiger partial charge in [0.25, 0.3) is 0 Å². The number of nitrogens with zero attached hydrogens (tertiary/aromatic N) is 1. The second kappa shape index (κ2) is 6.20. The van der Waals surface area contributed by atoms with E-state index in [9.17, 15) is 4.79 Å². The quantitative estimate of drug-likeness (QED) is 0.866. The Kier molecular flexibility index (Phi) is 4.91. The maximum absolute atomic E-state index is 12.1. The highest BCUT2D eigenvalue weighted by atomic mass is 16.1. The number of hydrogen-bond acceptors (Lipinski definition) is 2. The predicted molar refractivity (Wildman–Crippen MR) is 71.9 cm³/mol. The standard InChI is InChI=1S/C15H20N2O/c1-4-13(12-8-6-5-7-9-12)14(18)17-11-15(2,3)10-16/h5-9,13H,4,11H2,1-3H3,(H,17,18). The fraction of sp³-hybridized carbons (Fsp3) is 0.467. The van der Waals surface area contributed by atoms with E-state index in [-0.39, 0.29) is 11.8 Å². The molecule has 1 unspecified atom stereocenters. The second-order valence-corrected chi connectivity index (χ2v) is 5.09. The van der Waals surface area contributed by atoms with Crippen LogP contribution < -0.4 is 5.32 Å². The molecule has 0 radical (unpaired) electrons. The zero-order valence-electron chi connectivity index (χ0n) is 11.2. The Morgan fingerprint density at radius 2 is 2.00 bits per heavy atom. The first-order valence-electron chi connectivity index (χ1n) is 6.24. The first kappa shape index (κ1) is 14.2. The monoisotopic (exact) mass is 244 g/mol. The van der Waals surface area contributed by atoms with E-state index in [4.69, 9.17) is 5.26 Å². The molecule has 18 heavy (non-hydrogen) atoms. The summed E-state index contributed by atoms with van der Waals surface area (Å²) in [6, 6.07) is 11.9. The van der Waals surface area contributed by atoms with Gasteiger partial charge in [-0.15, -0.1) is 0 Å². The third-order valence-corrected chi connectivity index (χ3v) is 2.93. The van der Waals surface area contributed by atoms with Gasteiger partial charge in [0.15, 0.2) is 0 Å². The molecule has 0 saturated carbocycles. The highest BCUT2D eigenvalue weighted by Gasteiger charge is 2.22. The van der Waals surface area contributed by atoms with E-state index in [1.807, 2.05) is 51.1 Å². The third-order valence-electron chi connectivity index (χ3n) is 2.93. The molecule has 3 heteroatoms. The first-order valence-corrected chi connectivity index (χ1v) is 6.24. The van der Waals surface area contributed by atoms with Crippen molar-refractivity contribution in [2.24, 2.45) is 5.41 Å². The third kappa shape index (κ3) is 3.89. The first-order chi connectivity index (χ1) is 8.50. The lowest BCUT2D eigenvalue weighted by molar-refractivity contribution is -0.122. The van der Waals surface area contributed by atoms with Gasteiger partial charge in [-0.25, -0.2) is 0 Å². The highest BCUT2D eigenvalue weighted by Crippen LogP contribution is 2.20. The summed E-state index contributed by atoms with van der Waals surface area (Å²) in [7, 11) is 0. The molecule has 1 aromatic carbocycles.